The van der Waals surface area contributed by atoms with E-state index in [9.17, 15) is 14.0 Å². The van der Waals surface area contributed by atoms with Gasteiger partial charge >= 0.3 is 0 Å². The van der Waals surface area contributed by atoms with Crippen LogP contribution in [-0.4, -0.2) is 31.6 Å². The summed E-state index contributed by atoms with van der Waals surface area (Å²) >= 11 is 0. The largest absolute Gasteiger partial charge is 0.490 e. The molecule has 164 valence electrons. The predicted octanol–water partition coefficient (Wildman–Crippen LogP) is 3.85. The lowest BCUT2D eigenvalue weighted by Gasteiger charge is -2.25. The van der Waals surface area contributed by atoms with Gasteiger partial charge in [-0.3, -0.25) is 9.59 Å². The fourth-order valence-corrected chi connectivity index (χ4v) is 4.07. The number of halogens is 1. The molecule has 0 spiro atoms. The summed E-state index contributed by atoms with van der Waals surface area (Å²) in [7, 11) is 0. The van der Waals surface area contributed by atoms with Gasteiger partial charge in [0.1, 0.15) is 5.82 Å². The summed E-state index contributed by atoms with van der Waals surface area (Å²) in [5.41, 5.74) is 1.13. The van der Waals surface area contributed by atoms with Gasteiger partial charge in [-0.25, -0.2) is 4.39 Å². The summed E-state index contributed by atoms with van der Waals surface area (Å²) in [6, 6.07) is 11.6. The molecular formula is C24H27FN2O4. The maximum atomic E-state index is 14.1. The van der Waals surface area contributed by atoms with Crippen LogP contribution in [0.1, 0.15) is 38.3 Å². The van der Waals surface area contributed by atoms with Gasteiger partial charge in [-0.1, -0.05) is 32.0 Å². The molecule has 6 nitrogen and oxygen atoms in total. The highest BCUT2D eigenvalue weighted by atomic mass is 19.1. The highest BCUT2D eigenvalue weighted by Gasteiger charge is 2.37. The Hall–Kier alpha value is -3.09. The standard InChI is InChI=1S/C24H27FN2O4/c1-15(2)23(16-8-9-20-21(12-16)31-11-5-10-30-20)26-24(29)17-13-22(28)27(14-17)19-7-4-3-6-18(19)25/h3-4,6-9,12,15,17,23H,5,10-11,13-14H2,1-2H3,(H,26,29)/t17-,23+/m0/s1. The van der Waals surface area contributed by atoms with Crippen LogP contribution in [0.25, 0.3) is 0 Å². The quantitative estimate of drug-likeness (QED) is 0.789. The van der Waals surface area contributed by atoms with E-state index in [0.717, 1.165) is 12.0 Å². The number of ether oxygens (including phenoxy) is 2. The Kier molecular flexibility index (Phi) is 6.11. The average molecular weight is 426 g/mol. The van der Waals surface area contributed by atoms with Crippen LogP contribution in [0.4, 0.5) is 10.1 Å². The number of nitrogens with one attached hydrogen (secondary N) is 1. The molecule has 4 rings (SSSR count). The van der Waals surface area contributed by atoms with Gasteiger partial charge in [-0.15, -0.1) is 0 Å². The van der Waals surface area contributed by atoms with Crippen LogP contribution in [-0.2, 0) is 9.59 Å². The first-order valence-electron chi connectivity index (χ1n) is 10.7. The van der Waals surface area contributed by atoms with E-state index in [1.807, 2.05) is 32.0 Å². The van der Waals surface area contributed by atoms with Gasteiger partial charge in [-0.05, 0) is 35.7 Å². The molecule has 0 aliphatic carbocycles. The monoisotopic (exact) mass is 426 g/mol. The average Bonchev–Trinajstić information content (AvgIpc) is 2.98. The van der Waals surface area contributed by atoms with E-state index in [4.69, 9.17) is 9.47 Å². The Morgan fingerprint density at radius 2 is 1.87 bits per heavy atom. The van der Waals surface area contributed by atoms with Gasteiger partial charge in [0.25, 0.3) is 0 Å². The normalized spacial score (nSPS) is 19.3. The molecule has 0 bridgehead atoms. The van der Waals surface area contributed by atoms with Crippen molar-refractivity contribution >= 4 is 17.5 Å². The second-order valence-corrected chi connectivity index (χ2v) is 8.34. The van der Waals surface area contributed by atoms with Crippen molar-refractivity contribution in [3.63, 3.8) is 0 Å². The predicted molar refractivity (Wildman–Crippen MR) is 115 cm³/mol. The van der Waals surface area contributed by atoms with E-state index in [1.165, 1.54) is 11.0 Å². The van der Waals surface area contributed by atoms with Crippen LogP contribution >= 0.6 is 0 Å². The van der Waals surface area contributed by atoms with Crippen molar-refractivity contribution in [3.8, 4) is 11.5 Å². The molecule has 0 aromatic heterocycles. The molecule has 1 fully saturated rings. The van der Waals surface area contributed by atoms with Gasteiger partial charge in [0.05, 0.1) is 30.9 Å². The van der Waals surface area contributed by atoms with E-state index in [1.54, 1.807) is 18.2 Å². The smallest absolute Gasteiger partial charge is 0.227 e. The topological polar surface area (TPSA) is 67.9 Å². The minimum atomic E-state index is -0.534. The summed E-state index contributed by atoms with van der Waals surface area (Å²) in [6.07, 6.45) is 0.884. The second kappa shape index (κ2) is 8.96. The molecule has 2 amide bonds. The molecule has 7 heteroatoms. The van der Waals surface area contributed by atoms with E-state index in [-0.39, 0.29) is 42.4 Å². The summed E-state index contributed by atoms with van der Waals surface area (Å²) < 4.78 is 25.6. The number of rotatable bonds is 5. The van der Waals surface area contributed by atoms with Crippen LogP contribution in [0.2, 0.25) is 0 Å². The molecule has 0 unspecified atom stereocenters. The lowest BCUT2D eigenvalue weighted by atomic mass is 9.94. The van der Waals surface area contributed by atoms with Crippen molar-refractivity contribution in [2.24, 2.45) is 11.8 Å². The van der Waals surface area contributed by atoms with Crippen LogP contribution in [0.5, 0.6) is 11.5 Å². The zero-order chi connectivity index (χ0) is 22.0. The summed E-state index contributed by atoms with van der Waals surface area (Å²) in [4.78, 5) is 26.9. The first kappa shape index (κ1) is 21.2. The first-order valence-corrected chi connectivity index (χ1v) is 10.7. The van der Waals surface area contributed by atoms with E-state index in [0.29, 0.717) is 24.7 Å². The summed E-state index contributed by atoms with van der Waals surface area (Å²) in [5.74, 6) is 0.0417. The Balaban J connectivity index is 1.49. The number of carbonyl (C=O) groups excluding carboxylic acids is 2. The minimum absolute atomic E-state index is 0.0616. The Labute approximate surface area is 181 Å². The molecule has 2 aromatic rings. The maximum Gasteiger partial charge on any atom is 0.227 e. The number of fused-ring (bicyclic) bond motifs is 1. The fourth-order valence-electron chi connectivity index (χ4n) is 4.07. The number of nitrogens with zero attached hydrogens (tertiary/aromatic N) is 1. The fraction of sp³-hybridized carbons (Fsp3) is 0.417. The van der Waals surface area contributed by atoms with Gasteiger partial charge in [-0.2, -0.15) is 0 Å². The molecule has 1 N–H and O–H groups in total. The van der Waals surface area contributed by atoms with Crippen LogP contribution in [0, 0.1) is 17.7 Å². The van der Waals surface area contributed by atoms with Crippen LogP contribution in [0.3, 0.4) is 0 Å². The highest BCUT2D eigenvalue weighted by molar-refractivity contribution is 6.00. The summed E-state index contributed by atoms with van der Waals surface area (Å²) in [6.45, 7) is 5.42. The van der Waals surface area contributed by atoms with Crippen molar-refractivity contribution in [3.05, 3.63) is 53.8 Å². The van der Waals surface area contributed by atoms with Crippen molar-refractivity contribution < 1.29 is 23.5 Å². The van der Waals surface area contributed by atoms with E-state index >= 15 is 0 Å². The molecule has 2 heterocycles. The highest BCUT2D eigenvalue weighted by Crippen LogP contribution is 2.35. The molecule has 2 atom stereocenters. The molecule has 2 aliphatic heterocycles. The number of benzene rings is 2. The van der Waals surface area contributed by atoms with E-state index in [2.05, 4.69) is 5.32 Å². The Morgan fingerprint density at radius 3 is 2.61 bits per heavy atom. The Bertz CT molecular complexity index is 978. The SMILES string of the molecule is CC(C)[C@@H](NC(=O)[C@H]1CC(=O)N(c2ccccc2F)C1)c1ccc2c(c1)OCCCO2. The number of para-hydroxylation sites is 1. The van der Waals surface area contributed by atoms with Gasteiger partial charge in [0.2, 0.25) is 11.8 Å². The molecule has 0 saturated carbocycles. The van der Waals surface area contributed by atoms with Crippen molar-refractivity contribution in [2.45, 2.75) is 32.7 Å². The number of anilines is 1. The van der Waals surface area contributed by atoms with Crippen molar-refractivity contribution in [1.82, 2.24) is 5.32 Å². The molecule has 0 radical (unpaired) electrons. The molecule has 2 aliphatic rings. The summed E-state index contributed by atoms with van der Waals surface area (Å²) in [5, 5.41) is 3.10. The number of carbonyl (C=O) groups is 2. The molecule has 2 aromatic carbocycles. The van der Waals surface area contributed by atoms with Gasteiger partial charge in [0, 0.05) is 19.4 Å². The number of hydrogen-bond donors (Lipinski definition) is 1. The molecular weight excluding hydrogens is 399 g/mol. The van der Waals surface area contributed by atoms with Crippen LogP contribution < -0.4 is 19.7 Å². The zero-order valence-corrected chi connectivity index (χ0v) is 17.8. The lowest BCUT2D eigenvalue weighted by Crippen LogP contribution is -2.37. The number of hydrogen-bond acceptors (Lipinski definition) is 4. The third-order valence-electron chi connectivity index (χ3n) is 5.73. The van der Waals surface area contributed by atoms with Gasteiger partial charge < -0.3 is 19.7 Å². The second-order valence-electron chi connectivity index (χ2n) is 8.34. The van der Waals surface area contributed by atoms with Gasteiger partial charge in [0.15, 0.2) is 11.5 Å². The first-order chi connectivity index (χ1) is 14.9. The third kappa shape index (κ3) is 4.50. The molecule has 1 saturated heterocycles. The number of amides is 2. The lowest BCUT2D eigenvalue weighted by molar-refractivity contribution is -0.127. The zero-order valence-electron chi connectivity index (χ0n) is 17.8. The van der Waals surface area contributed by atoms with Crippen molar-refractivity contribution in [1.29, 1.82) is 0 Å². The minimum Gasteiger partial charge on any atom is -0.490 e. The van der Waals surface area contributed by atoms with Crippen molar-refractivity contribution in [2.75, 3.05) is 24.7 Å². The Morgan fingerprint density at radius 1 is 1.13 bits per heavy atom. The third-order valence-corrected chi connectivity index (χ3v) is 5.73. The van der Waals surface area contributed by atoms with Crippen LogP contribution in [0.15, 0.2) is 42.5 Å². The molecule has 31 heavy (non-hydrogen) atoms. The maximum absolute atomic E-state index is 14.1. The van der Waals surface area contributed by atoms with E-state index < -0.39 is 11.7 Å².